The highest BCUT2D eigenvalue weighted by atomic mass is 19.1. The first kappa shape index (κ1) is 17.1. The number of nitrogens with zero attached hydrogens (tertiary/aromatic N) is 1. The number of aromatic nitrogens is 1. The maximum absolute atomic E-state index is 13.9. The molecule has 3 N–H and O–H groups in total. The van der Waals surface area contributed by atoms with Gasteiger partial charge in [0.05, 0.1) is 5.56 Å². The Kier molecular flexibility index (Phi) is 4.07. The summed E-state index contributed by atoms with van der Waals surface area (Å²) in [5, 5.41) is 12.5. The molecule has 0 unspecified atom stereocenters. The van der Waals surface area contributed by atoms with Gasteiger partial charge in [0.15, 0.2) is 0 Å². The normalized spacial score (nSPS) is 13.3. The average Bonchev–Trinajstić information content (AvgIpc) is 2.90. The highest BCUT2D eigenvalue weighted by Gasteiger charge is 2.23. The van der Waals surface area contributed by atoms with Crippen molar-refractivity contribution in [3.63, 3.8) is 0 Å². The van der Waals surface area contributed by atoms with Crippen molar-refractivity contribution in [2.75, 3.05) is 13.6 Å². The molecule has 1 aliphatic heterocycles. The van der Waals surface area contributed by atoms with E-state index >= 15 is 0 Å². The maximum Gasteiger partial charge on any atom is 0.407 e. The maximum atomic E-state index is 13.9. The number of benzene rings is 2. The van der Waals surface area contributed by atoms with E-state index in [1.54, 1.807) is 0 Å². The smallest absolute Gasteiger partial charge is 0.407 e. The molecule has 0 atom stereocenters. The van der Waals surface area contributed by atoms with Crippen LogP contribution in [0.5, 0.6) is 0 Å². The van der Waals surface area contributed by atoms with E-state index in [2.05, 4.69) is 10.3 Å². The molecular formula is C20H18FN3O3. The number of aromatic amines is 1. The Hall–Kier alpha value is -3.35. The minimum Gasteiger partial charge on any atom is -0.465 e. The molecule has 1 aliphatic rings. The lowest BCUT2D eigenvalue weighted by Gasteiger charge is -2.13. The van der Waals surface area contributed by atoms with Crippen molar-refractivity contribution in [1.29, 1.82) is 0 Å². The molecule has 1 aromatic heterocycles. The second kappa shape index (κ2) is 6.42. The number of amides is 2. The number of halogens is 1. The SMILES string of the molecule is CN(Cc1ccc(-c2[nH]c3cc(F)cc4c3c2CCNC4=O)cc1)C(=O)O. The van der Waals surface area contributed by atoms with Gasteiger partial charge in [0.1, 0.15) is 5.82 Å². The average molecular weight is 367 g/mol. The number of carbonyl (C=O) groups excluding carboxylic acids is 1. The Balaban J connectivity index is 1.78. The summed E-state index contributed by atoms with van der Waals surface area (Å²) in [7, 11) is 1.52. The number of H-pyrrole nitrogens is 1. The molecule has 3 aromatic rings. The van der Waals surface area contributed by atoms with Gasteiger partial charge in [-0.25, -0.2) is 9.18 Å². The molecule has 2 heterocycles. The summed E-state index contributed by atoms with van der Waals surface area (Å²) in [6.07, 6.45) is -0.342. The van der Waals surface area contributed by atoms with Crippen molar-refractivity contribution in [3.05, 3.63) is 58.9 Å². The number of hydrogen-bond donors (Lipinski definition) is 3. The zero-order valence-corrected chi connectivity index (χ0v) is 14.7. The molecule has 0 radical (unpaired) electrons. The molecule has 138 valence electrons. The second-order valence-corrected chi connectivity index (χ2v) is 6.70. The first-order valence-corrected chi connectivity index (χ1v) is 8.59. The van der Waals surface area contributed by atoms with Crippen molar-refractivity contribution in [2.24, 2.45) is 0 Å². The van der Waals surface area contributed by atoms with Crippen molar-refractivity contribution in [1.82, 2.24) is 15.2 Å². The third kappa shape index (κ3) is 3.01. The van der Waals surface area contributed by atoms with Gasteiger partial charge in [-0.05, 0) is 35.2 Å². The Morgan fingerprint density at radius 1 is 1.26 bits per heavy atom. The topological polar surface area (TPSA) is 85.4 Å². The van der Waals surface area contributed by atoms with Gasteiger partial charge >= 0.3 is 6.09 Å². The summed E-state index contributed by atoms with van der Waals surface area (Å²) < 4.78 is 13.9. The third-order valence-electron chi connectivity index (χ3n) is 4.86. The molecule has 2 amide bonds. The van der Waals surface area contributed by atoms with Crippen LogP contribution in [0.15, 0.2) is 36.4 Å². The Morgan fingerprint density at radius 3 is 2.70 bits per heavy atom. The van der Waals surface area contributed by atoms with Crippen LogP contribution in [0.3, 0.4) is 0 Å². The minimum absolute atomic E-state index is 0.268. The largest absolute Gasteiger partial charge is 0.465 e. The highest BCUT2D eigenvalue weighted by molar-refractivity contribution is 6.10. The van der Waals surface area contributed by atoms with Crippen LogP contribution in [0.25, 0.3) is 22.2 Å². The second-order valence-electron chi connectivity index (χ2n) is 6.70. The van der Waals surface area contributed by atoms with Crippen LogP contribution in [0, 0.1) is 5.82 Å². The zero-order chi connectivity index (χ0) is 19.1. The summed E-state index contributed by atoms with van der Waals surface area (Å²) >= 11 is 0. The summed E-state index contributed by atoms with van der Waals surface area (Å²) in [5.74, 6) is -0.725. The fourth-order valence-corrected chi connectivity index (χ4v) is 3.56. The lowest BCUT2D eigenvalue weighted by Crippen LogP contribution is -2.23. The summed E-state index contributed by atoms with van der Waals surface area (Å²) in [5.41, 5.74) is 4.56. The molecule has 2 aromatic carbocycles. The van der Waals surface area contributed by atoms with Crippen molar-refractivity contribution in [3.8, 4) is 11.3 Å². The number of rotatable bonds is 3. The van der Waals surface area contributed by atoms with Gasteiger partial charge in [-0.2, -0.15) is 0 Å². The van der Waals surface area contributed by atoms with Crippen molar-refractivity contribution >= 4 is 22.9 Å². The van der Waals surface area contributed by atoms with Crippen LogP contribution < -0.4 is 5.32 Å². The Morgan fingerprint density at radius 2 is 2.00 bits per heavy atom. The van der Waals surface area contributed by atoms with Crippen molar-refractivity contribution < 1.29 is 19.1 Å². The van der Waals surface area contributed by atoms with E-state index < -0.39 is 11.9 Å². The van der Waals surface area contributed by atoms with E-state index in [4.69, 9.17) is 5.11 Å². The summed E-state index contributed by atoms with van der Waals surface area (Å²) in [6.45, 7) is 0.777. The van der Waals surface area contributed by atoms with Crippen LogP contribution in [0.2, 0.25) is 0 Å². The predicted molar refractivity (Wildman–Crippen MR) is 99.2 cm³/mol. The molecule has 27 heavy (non-hydrogen) atoms. The fourth-order valence-electron chi connectivity index (χ4n) is 3.56. The number of nitrogens with one attached hydrogen (secondary N) is 2. The zero-order valence-electron chi connectivity index (χ0n) is 14.7. The third-order valence-corrected chi connectivity index (χ3v) is 4.86. The van der Waals surface area contributed by atoms with E-state index in [0.717, 1.165) is 27.8 Å². The first-order chi connectivity index (χ1) is 12.9. The summed E-state index contributed by atoms with van der Waals surface area (Å²) in [6, 6.07) is 10.2. The Bertz CT molecular complexity index is 1060. The van der Waals surface area contributed by atoms with E-state index in [1.807, 2.05) is 24.3 Å². The number of carboxylic acid groups (broad SMARTS) is 1. The van der Waals surface area contributed by atoms with Gasteiger partial charge in [0, 0.05) is 36.7 Å². The fraction of sp³-hybridized carbons (Fsp3) is 0.200. The van der Waals surface area contributed by atoms with E-state index in [1.165, 1.54) is 24.1 Å². The van der Waals surface area contributed by atoms with Crippen LogP contribution in [-0.2, 0) is 13.0 Å². The molecule has 6 nitrogen and oxygen atoms in total. The molecule has 7 heteroatoms. The van der Waals surface area contributed by atoms with Gasteiger partial charge in [0.2, 0.25) is 0 Å². The van der Waals surface area contributed by atoms with Gasteiger partial charge in [0.25, 0.3) is 5.91 Å². The van der Waals surface area contributed by atoms with Gasteiger partial charge < -0.3 is 20.3 Å². The molecule has 0 aliphatic carbocycles. The first-order valence-electron chi connectivity index (χ1n) is 8.59. The van der Waals surface area contributed by atoms with Crippen molar-refractivity contribution in [2.45, 2.75) is 13.0 Å². The number of hydrogen-bond acceptors (Lipinski definition) is 2. The summed E-state index contributed by atoms with van der Waals surface area (Å²) in [4.78, 5) is 27.7. The standard InChI is InChI=1S/C20H18FN3O3/c1-24(20(26)27)10-11-2-4-12(5-3-11)18-14-6-7-22-19(25)15-8-13(21)9-16(23-18)17(14)15/h2-5,8-9,23H,6-7,10H2,1H3,(H,22,25)(H,26,27). The molecule has 4 rings (SSSR count). The lowest BCUT2D eigenvalue weighted by molar-refractivity contribution is 0.0956. The van der Waals surface area contributed by atoms with Crippen LogP contribution in [0.4, 0.5) is 9.18 Å². The molecule has 0 saturated heterocycles. The minimum atomic E-state index is -0.984. The lowest BCUT2D eigenvalue weighted by atomic mass is 9.99. The van der Waals surface area contributed by atoms with E-state index in [9.17, 15) is 14.0 Å². The monoisotopic (exact) mass is 367 g/mol. The Labute approximate surface area is 154 Å². The highest BCUT2D eigenvalue weighted by Crippen LogP contribution is 2.34. The predicted octanol–water partition coefficient (Wildman–Crippen LogP) is 3.37. The van der Waals surface area contributed by atoms with Crippen LogP contribution in [0.1, 0.15) is 21.5 Å². The van der Waals surface area contributed by atoms with Gasteiger partial charge in [-0.3, -0.25) is 4.79 Å². The van der Waals surface area contributed by atoms with E-state index in [-0.39, 0.29) is 5.91 Å². The van der Waals surface area contributed by atoms with Gasteiger partial charge in [-0.15, -0.1) is 0 Å². The molecule has 0 saturated carbocycles. The molecule has 0 bridgehead atoms. The van der Waals surface area contributed by atoms with Crippen LogP contribution >= 0.6 is 0 Å². The van der Waals surface area contributed by atoms with E-state index in [0.29, 0.717) is 30.6 Å². The molecule has 0 fully saturated rings. The van der Waals surface area contributed by atoms with Gasteiger partial charge in [-0.1, -0.05) is 24.3 Å². The van der Waals surface area contributed by atoms with Crippen LogP contribution in [-0.4, -0.2) is 40.6 Å². The number of carbonyl (C=O) groups is 2. The quantitative estimate of drug-likeness (QED) is 0.663. The molecule has 0 spiro atoms. The molecular weight excluding hydrogens is 349 g/mol.